The summed E-state index contributed by atoms with van der Waals surface area (Å²) in [4.78, 5) is 0. The number of aromatic hydroxyl groups is 1. The van der Waals surface area contributed by atoms with Crippen molar-refractivity contribution in [3.63, 3.8) is 0 Å². The van der Waals surface area contributed by atoms with Crippen LogP contribution in [0.4, 0.5) is 0 Å². The summed E-state index contributed by atoms with van der Waals surface area (Å²) in [7, 11) is 0. The van der Waals surface area contributed by atoms with Crippen molar-refractivity contribution in [1.29, 1.82) is 0 Å². The summed E-state index contributed by atoms with van der Waals surface area (Å²) >= 11 is 0. The summed E-state index contributed by atoms with van der Waals surface area (Å²) in [6.07, 6.45) is 0. The monoisotopic (exact) mass is 371 g/mol. The van der Waals surface area contributed by atoms with Crippen molar-refractivity contribution in [2.24, 2.45) is 0 Å². The van der Waals surface area contributed by atoms with Gasteiger partial charge < -0.3 is 9.67 Å². The van der Waals surface area contributed by atoms with E-state index in [2.05, 4.69) is 82.5 Å². The maximum Gasteiger partial charge on any atom is 0.115 e. The van der Waals surface area contributed by atoms with Crippen LogP contribution in [-0.2, 0) is 10.8 Å². The first-order valence-corrected chi connectivity index (χ1v) is 9.94. The maximum atomic E-state index is 9.72. The van der Waals surface area contributed by atoms with Crippen LogP contribution in [0.2, 0.25) is 0 Å². The Kier molecular flexibility index (Phi) is 4.08. The molecule has 3 aromatic carbocycles. The van der Waals surface area contributed by atoms with E-state index in [1.54, 1.807) is 12.1 Å². The number of rotatable bonds is 1. The minimum absolute atomic E-state index is 0.1000. The fraction of sp³-hybridized carbons (Fsp3) is 0.308. The Hall–Kier alpha value is -2.74. The number of nitrogens with zero attached hydrogens (tertiary/aromatic N) is 1. The molecule has 2 nitrogen and oxygen atoms in total. The fourth-order valence-electron chi connectivity index (χ4n) is 3.84. The van der Waals surface area contributed by atoms with Crippen molar-refractivity contribution < 1.29 is 5.11 Å². The van der Waals surface area contributed by atoms with E-state index in [0.717, 1.165) is 5.69 Å². The van der Waals surface area contributed by atoms with Crippen molar-refractivity contribution in [3.8, 4) is 11.4 Å². The Morgan fingerprint density at radius 3 is 1.43 bits per heavy atom. The van der Waals surface area contributed by atoms with Crippen LogP contribution in [0.1, 0.15) is 52.7 Å². The zero-order chi connectivity index (χ0) is 20.3. The number of hydrogen-bond acceptors (Lipinski definition) is 1. The summed E-state index contributed by atoms with van der Waals surface area (Å²) in [6.45, 7) is 13.5. The Balaban J connectivity index is 2.11. The van der Waals surface area contributed by atoms with Crippen LogP contribution in [0.3, 0.4) is 0 Å². The minimum Gasteiger partial charge on any atom is -0.508 e. The van der Waals surface area contributed by atoms with E-state index in [0.29, 0.717) is 0 Å². The third-order valence-electron chi connectivity index (χ3n) is 5.61. The van der Waals surface area contributed by atoms with Gasteiger partial charge in [0.25, 0.3) is 0 Å². The van der Waals surface area contributed by atoms with Crippen molar-refractivity contribution in [3.05, 3.63) is 71.8 Å². The lowest BCUT2D eigenvalue weighted by atomic mass is 9.85. The summed E-state index contributed by atoms with van der Waals surface area (Å²) in [5.74, 6) is 0.287. The predicted molar refractivity (Wildman–Crippen MR) is 120 cm³/mol. The third kappa shape index (κ3) is 3.07. The molecule has 0 aliphatic carbocycles. The van der Waals surface area contributed by atoms with Crippen LogP contribution in [0.15, 0.2) is 60.7 Å². The smallest absolute Gasteiger partial charge is 0.115 e. The standard InChI is InChI=1S/C26H29NO/c1-25(2,3)17-7-13-23-21(15-17)22-16-18(26(4,5)6)8-14-24(22)27(23)19-9-11-20(28)12-10-19/h7-16,28H,1-6H3. The van der Waals surface area contributed by atoms with Crippen LogP contribution < -0.4 is 0 Å². The van der Waals surface area contributed by atoms with E-state index >= 15 is 0 Å². The first-order valence-electron chi connectivity index (χ1n) is 9.94. The molecule has 0 amide bonds. The number of hydrogen-bond donors (Lipinski definition) is 1. The molecule has 0 bridgehead atoms. The van der Waals surface area contributed by atoms with Crippen LogP contribution >= 0.6 is 0 Å². The van der Waals surface area contributed by atoms with E-state index in [-0.39, 0.29) is 16.6 Å². The molecule has 1 N–H and O–H groups in total. The third-order valence-corrected chi connectivity index (χ3v) is 5.61. The van der Waals surface area contributed by atoms with Crippen LogP contribution in [-0.4, -0.2) is 9.67 Å². The minimum atomic E-state index is 0.1000. The molecular weight excluding hydrogens is 342 g/mol. The molecule has 0 fully saturated rings. The zero-order valence-corrected chi connectivity index (χ0v) is 17.7. The normalized spacial score (nSPS) is 12.8. The van der Waals surface area contributed by atoms with E-state index in [4.69, 9.17) is 0 Å². The topological polar surface area (TPSA) is 25.2 Å². The molecule has 0 atom stereocenters. The molecule has 0 saturated heterocycles. The predicted octanol–water partition coefficient (Wildman–Crippen LogP) is 7.08. The van der Waals surface area contributed by atoms with E-state index in [1.807, 2.05) is 12.1 Å². The summed E-state index contributed by atoms with van der Waals surface area (Å²) < 4.78 is 2.29. The summed E-state index contributed by atoms with van der Waals surface area (Å²) in [5, 5.41) is 12.3. The van der Waals surface area contributed by atoms with Gasteiger partial charge >= 0.3 is 0 Å². The van der Waals surface area contributed by atoms with E-state index < -0.39 is 0 Å². The molecule has 0 unspecified atom stereocenters. The van der Waals surface area contributed by atoms with Crippen molar-refractivity contribution >= 4 is 21.8 Å². The molecular formula is C26H29NO. The number of fused-ring (bicyclic) bond motifs is 3. The van der Waals surface area contributed by atoms with Crippen LogP contribution in [0.25, 0.3) is 27.5 Å². The molecule has 0 aliphatic heterocycles. The SMILES string of the molecule is CC(C)(C)c1ccc2c(c1)c1cc(C(C)(C)C)ccc1n2-c1ccc(O)cc1. The van der Waals surface area contributed by atoms with Gasteiger partial charge in [-0.25, -0.2) is 0 Å². The molecule has 0 radical (unpaired) electrons. The molecule has 1 heterocycles. The highest BCUT2D eigenvalue weighted by Crippen LogP contribution is 2.37. The molecule has 0 spiro atoms. The molecule has 4 aromatic rings. The van der Waals surface area contributed by atoms with Gasteiger partial charge in [-0.3, -0.25) is 0 Å². The quantitative estimate of drug-likeness (QED) is 0.380. The van der Waals surface area contributed by atoms with Gasteiger partial charge in [0, 0.05) is 16.5 Å². The Bertz CT molecular complexity index is 1090. The largest absolute Gasteiger partial charge is 0.508 e. The molecule has 0 saturated carbocycles. The first kappa shape index (κ1) is 18.6. The van der Waals surface area contributed by atoms with Gasteiger partial charge in [-0.2, -0.15) is 0 Å². The number of phenolic OH excluding ortho intramolecular Hbond substituents is 1. The molecule has 4 rings (SSSR count). The lowest BCUT2D eigenvalue weighted by Gasteiger charge is -2.19. The fourth-order valence-corrected chi connectivity index (χ4v) is 3.84. The van der Waals surface area contributed by atoms with Gasteiger partial charge in [0.1, 0.15) is 5.75 Å². The zero-order valence-electron chi connectivity index (χ0n) is 17.7. The molecule has 1 aromatic heterocycles. The highest BCUT2D eigenvalue weighted by molar-refractivity contribution is 6.09. The number of aromatic nitrogens is 1. The molecule has 0 aliphatic rings. The number of benzene rings is 3. The summed E-state index contributed by atoms with van der Waals surface area (Å²) in [6, 6.07) is 21.1. The second-order valence-corrected chi connectivity index (χ2v) is 9.82. The lowest BCUT2D eigenvalue weighted by molar-refractivity contribution is 0.475. The molecule has 144 valence electrons. The number of phenols is 1. The highest BCUT2D eigenvalue weighted by Gasteiger charge is 2.20. The maximum absolute atomic E-state index is 9.72. The first-order chi connectivity index (χ1) is 13.1. The van der Waals surface area contributed by atoms with Crippen molar-refractivity contribution in [1.82, 2.24) is 4.57 Å². The van der Waals surface area contributed by atoms with Gasteiger partial charge in [-0.05, 0) is 70.5 Å². The van der Waals surface area contributed by atoms with Gasteiger partial charge in [0.15, 0.2) is 0 Å². The van der Waals surface area contributed by atoms with Gasteiger partial charge in [0.05, 0.1) is 11.0 Å². The average Bonchev–Trinajstić information content (AvgIpc) is 2.94. The van der Waals surface area contributed by atoms with Crippen LogP contribution in [0.5, 0.6) is 5.75 Å². The van der Waals surface area contributed by atoms with Crippen molar-refractivity contribution in [2.75, 3.05) is 0 Å². The highest BCUT2D eigenvalue weighted by atomic mass is 16.3. The van der Waals surface area contributed by atoms with E-state index in [1.165, 1.54) is 32.9 Å². The van der Waals surface area contributed by atoms with Crippen LogP contribution in [0, 0.1) is 0 Å². The van der Waals surface area contributed by atoms with Gasteiger partial charge in [-0.15, -0.1) is 0 Å². The summed E-state index contributed by atoms with van der Waals surface area (Å²) in [5.41, 5.74) is 6.33. The Labute approximate surface area is 167 Å². The lowest BCUT2D eigenvalue weighted by Crippen LogP contribution is -2.10. The molecule has 28 heavy (non-hydrogen) atoms. The Morgan fingerprint density at radius 1 is 0.607 bits per heavy atom. The van der Waals surface area contributed by atoms with E-state index in [9.17, 15) is 5.11 Å². The van der Waals surface area contributed by atoms with Crippen molar-refractivity contribution in [2.45, 2.75) is 52.4 Å². The average molecular weight is 372 g/mol. The second kappa shape index (κ2) is 6.13. The van der Waals surface area contributed by atoms with Gasteiger partial charge in [0.2, 0.25) is 0 Å². The second-order valence-electron chi connectivity index (χ2n) is 9.82. The molecule has 2 heteroatoms. The van der Waals surface area contributed by atoms with Gasteiger partial charge in [-0.1, -0.05) is 53.7 Å². The Morgan fingerprint density at radius 2 is 1.04 bits per heavy atom.